The summed E-state index contributed by atoms with van der Waals surface area (Å²) in [6.07, 6.45) is 0. The highest BCUT2D eigenvalue weighted by Gasteiger charge is 2.19. The second-order valence-corrected chi connectivity index (χ2v) is 16.1. The summed E-state index contributed by atoms with van der Waals surface area (Å²) in [5.41, 5.74) is 11.7. The first-order chi connectivity index (χ1) is 29.7. The van der Waals surface area contributed by atoms with Gasteiger partial charge in [0, 0.05) is 58.6 Å². The maximum absolute atomic E-state index is 6.65. The Hall–Kier alpha value is -7.80. The number of pyridine rings is 1. The summed E-state index contributed by atoms with van der Waals surface area (Å²) < 4.78 is 9.25. The van der Waals surface area contributed by atoms with Gasteiger partial charge in [-0.25, -0.2) is 19.9 Å². The van der Waals surface area contributed by atoms with E-state index in [9.17, 15) is 0 Å². The number of hydrogen-bond donors (Lipinski definition) is 0. The number of fused-ring (bicyclic) bond motifs is 8. The molecule has 0 aliphatic heterocycles. The monoisotopic (exact) mass is 784 g/mol. The largest absolute Gasteiger partial charge is 0.454 e. The van der Waals surface area contributed by atoms with Crippen LogP contribution in [0.1, 0.15) is 0 Å². The third-order valence-electron chi connectivity index (χ3n) is 11.4. The van der Waals surface area contributed by atoms with Crippen molar-refractivity contribution in [2.24, 2.45) is 0 Å². The molecular formula is C54H32N4OS. The van der Waals surface area contributed by atoms with Gasteiger partial charge < -0.3 is 4.42 Å². The average molecular weight is 785 g/mol. The van der Waals surface area contributed by atoms with Crippen LogP contribution in [0.25, 0.3) is 121 Å². The first-order valence-electron chi connectivity index (χ1n) is 20.0. The second kappa shape index (κ2) is 13.9. The zero-order valence-electron chi connectivity index (χ0n) is 32.1. The molecule has 0 amide bonds. The number of benzene rings is 8. The predicted octanol–water partition coefficient (Wildman–Crippen LogP) is 14.7. The van der Waals surface area contributed by atoms with E-state index < -0.39 is 0 Å². The molecule has 0 aliphatic rings. The third kappa shape index (κ3) is 5.84. The highest BCUT2D eigenvalue weighted by molar-refractivity contribution is 7.25. The molecule has 4 aromatic heterocycles. The van der Waals surface area contributed by atoms with Gasteiger partial charge in [0.15, 0.2) is 23.1 Å². The van der Waals surface area contributed by atoms with Gasteiger partial charge in [0.05, 0.1) is 5.52 Å². The number of hydrogen-bond acceptors (Lipinski definition) is 6. The van der Waals surface area contributed by atoms with Crippen LogP contribution < -0.4 is 0 Å². The van der Waals surface area contributed by atoms with Crippen molar-refractivity contribution in [2.45, 2.75) is 0 Å². The van der Waals surface area contributed by atoms with Gasteiger partial charge in [-0.15, -0.1) is 11.3 Å². The van der Waals surface area contributed by atoms with Crippen molar-refractivity contribution in [3.63, 3.8) is 0 Å². The molecule has 0 saturated heterocycles. The number of nitrogens with zero attached hydrogens (tertiary/aromatic N) is 4. The van der Waals surface area contributed by atoms with Gasteiger partial charge in [-0.2, -0.15) is 0 Å². The normalized spacial score (nSPS) is 11.7. The van der Waals surface area contributed by atoms with E-state index in [1.165, 1.54) is 25.7 Å². The van der Waals surface area contributed by atoms with E-state index >= 15 is 0 Å². The lowest BCUT2D eigenvalue weighted by atomic mass is 9.97. The number of para-hydroxylation sites is 1. The van der Waals surface area contributed by atoms with E-state index in [-0.39, 0.29) is 0 Å². The van der Waals surface area contributed by atoms with Crippen LogP contribution in [-0.2, 0) is 0 Å². The summed E-state index contributed by atoms with van der Waals surface area (Å²) in [5.74, 6) is 1.92. The molecule has 60 heavy (non-hydrogen) atoms. The quantitative estimate of drug-likeness (QED) is 0.168. The van der Waals surface area contributed by atoms with Crippen molar-refractivity contribution >= 4 is 64.4 Å². The Morgan fingerprint density at radius 1 is 0.333 bits per heavy atom. The molecule has 0 atom stereocenters. The molecule has 0 bridgehead atoms. The van der Waals surface area contributed by atoms with Crippen LogP contribution in [0, 0.1) is 0 Å². The van der Waals surface area contributed by atoms with Gasteiger partial charge in [-0.3, -0.25) is 0 Å². The molecule has 12 aromatic rings. The summed E-state index contributed by atoms with van der Waals surface area (Å²) in [7, 11) is 0. The van der Waals surface area contributed by atoms with E-state index in [2.05, 4.69) is 121 Å². The number of thiophene rings is 1. The van der Waals surface area contributed by atoms with E-state index in [0.717, 1.165) is 77.5 Å². The molecule has 0 fully saturated rings. The minimum Gasteiger partial charge on any atom is -0.454 e. The highest BCUT2D eigenvalue weighted by atomic mass is 32.1. The van der Waals surface area contributed by atoms with Crippen LogP contribution >= 0.6 is 11.3 Å². The Bertz CT molecular complexity index is 3520. The van der Waals surface area contributed by atoms with Crippen molar-refractivity contribution in [3.05, 3.63) is 194 Å². The highest BCUT2D eigenvalue weighted by Crippen LogP contribution is 2.42. The molecule has 0 aliphatic carbocycles. The van der Waals surface area contributed by atoms with Gasteiger partial charge in [-0.1, -0.05) is 164 Å². The second-order valence-electron chi connectivity index (χ2n) is 15.0. The summed E-state index contributed by atoms with van der Waals surface area (Å²) in [6, 6.07) is 67.5. The lowest BCUT2D eigenvalue weighted by Crippen LogP contribution is -2.00. The van der Waals surface area contributed by atoms with Gasteiger partial charge in [0.25, 0.3) is 0 Å². The van der Waals surface area contributed by atoms with Gasteiger partial charge >= 0.3 is 0 Å². The predicted molar refractivity (Wildman–Crippen MR) is 248 cm³/mol. The van der Waals surface area contributed by atoms with Crippen molar-refractivity contribution < 1.29 is 4.42 Å². The number of aromatic nitrogens is 4. The van der Waals surface area contributed by atoms with Gasteiger partial charge in [-0.05, 0) is 52.6 Å². The van der Waals surface area contributed by atoms with Crippen molar-refractivity contribution in [1.29, 1.82) is 0 Å². The summed E-state index contributed by atoms with van der Waals surface area (Å²) in [5, 5.41) is 5.85. The summed E-state index contributed by atoms with van der Waals surface area (Å²) >= 11 is 1.84. The van der Waals surface area contributed by atoms with Crippen LogP contribution in [0.15, 0.2) is 199 Å². The summed E-state index contributed by atoms with van der Waals surface area (Å²) in [4.78, 5) is 19.9. The standard InChI is InChI=1S/C54H32N4OS/c1-3-11-36(12-4-1)52-56-53(37-13-5-2-6-14-37)58-54(57-52)38-25-21-34(22-26-38)33-19-23-35(24-20-33)50-51-49(43-16-7-9-17-46(43)59-51)44-31-39(28-30-45(44)55-50)40-27-29-42-41-15-8-10-18-47(41)60-48(42)32-40/h1-32H. The van der Waals surface area contributed by atoms with E-state index in [1.54, 1.807) is 0 Å². The molecule has 8 aromatic carbocycles. The third-order valence-corrected chi connectivity index (χ3v) is 12.5. The number of furan rings is 1. The topological polar surface area (TPSA) is 64.7 Å². The van der Waals surface area contributed by atoms with Crippen molar-refractivity contribution in [2.75, 3.05) is 0 Å². The zero-order valence-corrected chi connectivity index (χ0v) is 32.9. The molecule has 0 N–H and O–H groups in total. The minimum absolute atomic E-state index is 0.631. The fraction of sp³-hybridized carbons (Fsp3) is 0. The maximum Gasteiger partial charge on any atom is 0.164 e. The van der Waals surface area contributed by atoms with Gasteiger partial charge in [0.2, 0.25) is 0 Å². The molecule has 6 heteroatoms. The van der Waals surface area contributed by atoms with Crippen molar-refractivity contribution in [1.82, 2.24) is 19.9 Å². The van der Waals surface area contributed by atoms with Crippen LogP contribution in [0.2, 0.25) is 0 Å². The van der Waals surface area contributed by atoms with Crippen LogP contribution in [0.4, 0.5) is 0 Å². The zero-order chi connectivity index (χ0) is 39.6. The molecule has 280 valence electrons. The Labute approximate surface area is 348 Å². The van der Waals surface area contributed by atoms with Gasteiger partial charge in [0.1, 0.15) is 11.3 Å². The Morgan fingerprint density at radius 2 is 0.833 bits per heavy atom. The first kappa shape index (κ1) is 34.3. The molecule has 0 radical (unpaired) electrons. The minimum atomic E-state index is 0.631. The average Bonchev–Trinajstić information content (AvgIpc) is 3.91. The molecular weight excluding hydrogens is 753 g/mol. The molecule has 0 spiro atoms. The molecule has 0 saturated carbocycles. The smallest absolute Gasteiger partial charge is 0.164 e. The Kier molecular flexibility index (Phi) is 7.96. The van der Waals surface area contributed by atoms with E-state index in [4.69, 9.17) is 24.4 Å². The summed E-state index contributed by atoms with van der Waals surface area (Å²) in [6.45, 7) is 0. The maximum atomic E-state index is 6.65. The van der Waals surface area contributed by atoms with E-state index in [0.29, 0.717) is 17.5 Å². The van der Waals surface area contributed by atoms with Crippen LogP contribution in [-0.4, -0.2) is 19.9 Å². The van der Waals surface area contributed by atoms with E-state index in [1.807, 2.05) is 84.1 Å². The fourth-order valence-electron chi connectivity index (χ4n) is 8.34. The molecule has 0 unspecified atom stereocenters. The first-order valence-corrected chi connectivity index (χ1v) is 20.8. The Balaban J connectivity index is 0.902. The lowest BCUT2D eigenvalue weighted by Gasteiger charge is -2.10. The van der Waals surface area contributed by atoms with Crippen molar-refractivity contribution in [3.8, 4) is 67.7 Å². The van der Waals surface area contributed by atoms with Crippen LogP contribution in [0.5, 0.6) is 0 Å². The number of rotatable bonds is 6. The SMILES string of the molecule is c1ccc(-c2nc(-c3ccccc3)nc(-c3ccc(-c4ccc(-c5nc6ccc(-c7ccc8c(c7)sc7ccccc78)cc6c6c5oc5ccccc56)cc4)cc3)n2)cc1. The lowest BCUT2D eigenvalue weighted by molar-refractivity contribution is 0.669. The van der Waals surface area contributed by atoms with Crippen LogP contribution in [0.3, 0.4) is 0 Å². The fourth-order valence-corrected chi connectivity index (χ4v) is 9.48. The molecule has 12 rings (SSSR count). The Morgan fingerprint density at radius 3 is 1.52 bits per heavy atom. The molecule has 5 nitrogen and oxygen atoms in total. The molecule has 4 heterocycles.